The molecule has 0 amide bonds. The molecule has 2 atom stereocenters. The molecule has 1 aliphatic heterocycles. The Balaban J connectivity index is 0.000000448. The van der Waals surface area contributed by atoms with E-state index in [2.05, 4.69) is 59.0 Å². The maximum Gasteiger partial charge on any atom is 2.00 e. The van der Waals surface area contributed by atoms with Gasteiger partial charge in [0.15, 0.2) is 0 Å². The quantitative estimate of drug-likeness (QED) is 0.596. The summed E-state index contributed by atoms with van der Waals surface area (Å²) in [6.45, 7) is 7.82. The molecular weight excluding hydrogens is 417 g/mol. The molecular formula is C21H31FeNOSe+2. The van der Waals surface area contributed by atoms with Gasteiger partial charge >= 0.3 is 142 Å². The second-order valence-electron chi connectivity index (χ2n) is 7.56. The zero-order chi connectivity index (χ0) is 17.6. The third-order valence-corrected chi connectivity index (χ3v) is 7.07. The zero-order valence-corrected chi connectivity index (χ0v) is 18.8. The Hall–Kier alpha value is 0.959. The molecule has 2 aliphatic carbocycles. The van der Waals surface area contributed by atoms with Crippen molar-refractivity contribution in [2.45, 2.75) is 44.7 Å². The predicted molar refractivity (Wildman–Crippen MR) is 103 cm³/mol. The Morgan fingerprint density at radius 3 is 2.20 bits per heavy atom. The largest absolute Gasteiger partial charge is 2.00 e. The molecule has 0 spiro atoms. The first-order chi connectivity index (χ1) is 11.4. The first-order valence-corrected chi connectivity index (χ1v) is 10.8. The van der Waals surface area contributed by atoms with E-state index in [9.17, 15) is 0 Å². The van der Waals surface area contributed by atoms with Crippen LogP contribution in [-0.4, -0.2) is 52.7 Å². The van der Waals surface area contributed by atoms with Gasteiger partial charge in [0.05, 0.1) is 0 Å². The average molecular weight is 448 g/mol. The molecule has 10 radical (unpaired) electrons. The van der Waals surface area contributed by atoms with Gasteiger partial charge in [-0.25, -0.2) is 0 Å². The van der Waals surface area contributed by atoms with E-state index in [0.29, 0.717) is 32.5 Å². The van der Waals surface area contributed by atoms with Crippen LogP contribution < -0.4 is 0 Å². The van der Waals surface area contributed by atoms with E-state index in [1.54, 1.807) is 4.82 Å². The summed E-state index contributed by atoms with van der Waals surface area (Å²) in [5, 5.41) is 1.22. The van der Waals surface area contributed by atoms with Crippen molar-refractivity contribution in [3.8, 4) is 0 Å². The molecule has 0 aromatic heterocycles. The van der Waals surface area contributed by atoms with Crippen LogP contribution in [0.4, 0.5) is 0 Å². The summed E-state index contributed by atoms with van der Waals surface area (Å²) in [5.41, 5.74) is 0.381. The molecule has 0 bridgehead atoms. The van der Waals surface area contributed by atoms with Gasteiger partial charge in [-0.2, -0.15) is 0 Å². The number of hydrogen-bond donors (Lipinski definition) is 0. The van der Waals surface area contributed by atoms with Crippen LogP contribution in [0.1, 0.15) is 27.2 Å². The monoisotopic (exact) mass is 449 g/mol. The molecule has 1 heterocycles. The number of ether oxygens (including phenoxy) is 1. The fourth-order valence-corrected chi connectivity index (χ4v) is 5.29. The van der Waals surface area contributed by atoms with Crippen LogP contribution in [0.25, 0.3) is 0 Å². The minimum Gasteiger partial charge on any atom is -0.0312 e. The third-order valence-electron chi connectivity index (χ3n) is 4.50. The molecule has 0 aromatic carbocycles. The molecule has 0 aromatic rings. The minimum absolute atomic E-state index is 0. The summed E-state index contributed by atoms with van der Waals surface area (Å²) >= 11 is 0.536. The standard InChI is InChI=1S/C16H26NOSe.C5H5.Fe/c1-12(17(4)5)14-7-6-8-15(14)19-10-13-9-16(2,3)11-18-13;1-2-4-5-3-1;/h6-8,12-13H,9-11H2,1-5H3;1-5H;/q;;+2/t12-,13-;;/m1../s1. The van der Waals surface area contributed by atoms with Crippen molar-refractivity contribution >= 4 is 15.0 Å². The molecule has 3 aliphatic rings. The molecule has 3 rings (SSSR count). The topological polar surface area (TPSA) is 12.5 Å². The molecule has 25 heavy (non-hydrogen) atoms. The molecule has 1 saturated heterocycles. The minimum atomic E-state index is 0. The van der Waals surface area contributed by atoms with E-state index in [4.69, 9.17) is 4.74 Å². The fourth-order valence-electron chi connectivity index (χ4n) is 2.86. The van der Waals surface area contributed by atoms with E-state index < -0.39 is 0 Å². The average Bonchev–Trinajstić information content (AvgIpc) is 3.27. The predicted octanol–water partition coefficient (Wildman–Crippen LogP) is 3.63. The molecule has 0 N–H and O–H groups in total. The molecule has 2 saturated carbocycles. The Morgan fingerprint density at radius 2 is 1.72 bits per heavy atom. The smallest absolute Gasteiger partial charge is 0.0312 e. The number of hydrogen-bond acceptors (Lipinski definition) is 2. The molecule has 0 unspecified atom stereocenters. The Bertz CT molecular complexity index is 352. The van der Waals surface area contributed by atoms with Gasteiger partial charge in [-0.15, -0.1) is 0 Å². The van der Waals surface area contributed by atoms with Crippen LogP contribution in [-0.2, 0) is 21.8 Å². The second kappa shape index (κ2) is 11.7. The van der Waals surface area contributed by atoms with Gasteiger partial charge in [-0.1, -0.05) is 0 Å². The molecule has 2 nitrogen and oxygen atoms in total. The fraction of sp³-hybridized carbons (Fsp3) is 0.524. The summed E-state index contributed by atoms with van der Waals surface area (Å²) in [5.74, 6) is 1.50. The maximum absolute atomic E-state index is 5.92. The SMILES string of the molecule is C[C@H]([C]1[CH][CH][CH][C]1[Se]C[C@H]1CC(C)(C)CO1)N(C)C.[CH]1[CH][CH][CH][CH]1.[Fe+2]. The molecule has 138 valence electrons. The summed E-state index contributed by atoms with van der Waals surface area (Å²) in [4.78, 5) is 3.84. The van der Waals surface area contributed by atoms with Gasteiger partial charge in [0.2, 0.25) is 0 Å². The summed E-state index contributed by atoms with van der Waals surface area (Å²) in [6, 6.07) is 0.507. The van der Waals surface area contributed by atoms with Crippen LogP contribution in [0.3, 0.4) is 0 Å². The Kier molecular flexibility index (Phi) is 11.3. The van der Waals surface area contributed by atoms with E-state index in [1.165, 1.54) is 17.7 Å². The number of nitrogens with zero attached hydrogens (tertiary/aromatic N) is 1. The Labute approximate surface area is 174 Å². The zero-order valence-electron chi connectivity index (χ0n) is 16.0. The van der Waals surface area contributed by atoms with E-state index in [0.717, 1.165) is 6.61 Å². The van der Waals surface area contributed by atoms with E-state index in [1.807, 2.05) is 32.1 Å². The van der Waals surface area contributed by atoms with Gasteiger partial charge in [0, 0.05) is 0 Å². The summed E-state index contributed by atoms with van der Waals surface area (Å²) in [6.07, 6.45) is 18.5. The molecule has 3 fully saturated rings. The molecule has 4 heteroatoms. The maximum atomic E-state index is 5.92. The van der Waals surface area contributed by atoms with Crippen LogP contribution in [0.15, 0.2) is 0 Å². The van der Waals surface area contributed by atoms with Crippen molar-refractivity contribution in [3.05, 3.63) is 62.1 Å². The van der Waals surface area contributed by atoms with Gasteiger partial charge < -0.3 is 0 Å². The van der Waals surface area contributed by atoms with Crippen molar-refractivity contribution in [3.63, 3.8) is 0 Å². The first-order valence-electron chi connectivity index (χ1n) is 8.72. The van der Waals surface area contributed by atoms with Crippen molar-refractivity contribution in [2.24, 2.45) is 5.41 Å². The van der Waals surface area contributed by atoms with Gasteiger partial charge in [-0.3, -0.25) is 0 Å². The van der Waals surface area contributed by atoms with Crippen molar-refractivity contribution in [1.82, 2.24) is 4.90 Å². The second-order valence-corrected chi connectivity index (χ2v) is 9.79. The summed E-state index contributed by atoms with van der Waals surface area (Å²) < 4.78 is 5.92. The Morgan fingerprint density at radius 1 is 1.12 bits per heavy atom. The van der Waals surface area contributed by atoms with Gasteiger partial charge in [-0.05, 0) is 32.1 Å². The van der Waals surface area contributed by atoms with Crippen LogP contribution in [0.5, 0.6) is 0 Å². The number of rotatable bonds is 5. The van der Waals surface area contributed by atoms with Crippen LogP contribution in [0, 0.1) is 67.5 Å². The normalized spacial score (nSPS) is 27.8. The van der Waals surface area contributed by atoms with E-state index in [-0.39, 0.29) is 17.1 Å². The third kappa shape index (κ3) is 8.24. The van der Waals surface area contributed by atoms with Gasteiger partial charge in [0.25, 0.3) is 0 Å². The van der Waals surface area contributed by atoms with Crippen LogP contribution >= 0.6 is 0 Å². The van der Waals surface area contributed by atoms with Crippen LogP contribution in [0.2, 0.25) is 5.32 Å². The van der Waals surface area contributed by atoms with E-state index >= 15 is 0 Å². The first kappa shape index (κ1) is 24.0. The summed E-state index contributed by atoms with van der Waals surface area (Å²) in [7, 11) is 4.30. The van der Waals surface area contributed by atoms with Crippen molar-refractivity contribution in [1.29, 1.82) is 0 Å². The van der Waals surface area contributed by atoms with Gasteiger partial charge in [0.1, 0.15) is 0 Å². The van der Waals surface area contributed by atoms with Crippen molar-refractivity contribution < 1.29 is 21.8 Å². The van der Waals surface area contributed by atoms with Crippen molar-refractivity contribution in [2.75, 3.05) is 20.7 Å².